The second-order valence-electron chi connectivity index (χ2n) is 8.33. The fourth-order valence-electron chi connectivity index (χ4n) is 3.14. The molecule has 0 aliphatic heterocycles. The highest BCUT2D eigenvalue weighted by Crippen LogP contribution is 2.43. The molecule has 0 aliphatic carbocycles. The standard InChI is InChI=1S/C25H38NO4P/c1-20(2)10-8-11-21(3)12-9-13-22(4)16-17-24(31(28,29)30)25(27)26-19-18-23-14-6-5-7-15-23/h5-7,10,12,14-16,24H,8-9,11,13,17-19H2,1-4H3,(H,26,27)(H2,28,29,30)/b21-12+,22-16+. The van der Waals surface area contributed by atoms with Gasteiger partial charge in [0.15, 0.2) is 0 Å². The van der Waals surface area contributed by atoms with Gasteiger partial charge in [0.25, 0.3) is 0 Å². The second-order valence-corrected chi connectivity index (χ2v) is 10.1. The molecule has 0 aromatic heterocycles. The number of nitrogens with one attached hydrogen (secondary N) is 1. The summed E-state index contributed by atoms with van der Waals surface area (Å²) < 4.78 is 11.9. The van der Waals surface area contributed by atoms with Crippen molar-refractivity contribution < 1.29 is 19.1 Å². The van der Waals surface area contributed by atoms with Gasteiger partial charge >= 0.3 is 7.60 Å². The van der Waals surface area contributed by atoms with Crippen LogP contribution in [-0.2, 0) is 15.8 Å². The molecule has 5 nitrogen and oxygen atoms in total. The van der Waals surface area contributed by atoms with Gasteiger partial charge in [0.2, 0.25) is 5.91 Å². The molecule has 1 aromatic carbocycles. The lowest BCUT2D eigenvalue weighted by Crippen LogP contribution is -2.35. The Balaban J connectivity index is 2.52. The maximum atomic E-state index is 12.4. The molecule has 1 atom stereocenters. The van der Waals surface area contributed by atoms with Crippen molar-refractivity contribution in [3.05, 3.63) is 70.8 Å². The van der Waals surface area contributed by atoms with Crippen LogP contribution in [0.1, 0.15) is 65.4 Å². The second kappa shape index (κ2) is 14.2. The van der Waals surface area contributed by atoms with E-state index >= 15 is 0 Å². The van der Waals surface area contributed by atoms with Gasteiger partial charge in [0.05, 0.1) is 0 Å². The summed E-state index contributed by atoms with van der Waals surface area (Å²) in [6.45, 7) is 8.61. The predicted molar refractivity (Wildman–Crippen MR) is 129 cm³/mol. The summed E-state index contributed by atoms with van der Waals surface area (Å²) in [6.07, 6.45) is 10.7. The van der Waals surface area contributed by atoms with Crippen molar-refractivity contribution >= 4 is 13.5 Å². The van der Waals surface area contributed by atoms with Gasteiger partial charge in [-0.05, 0) is 71.8 Å². The van der Waals surface area contributed by atoms with Crippen molar-refractivity contribution in [2.24, 2.45) is 0 Å². The molecular weight excluding hydrogens is 409 g/mol. The fraction of sp³-hybridized carbons (Fsp3) is 0.480. The zero-order valence-corrected chi connectivity index (χ0v) is 20.2. The zero-order valence-electron chi connectivity index (χ0n) is 19.3. The van der Waals surface area contributed by atoms with E-state index < -0.39 is 19.2 Å². The maximum absolute atomic E-state index is 12.4. The molecule has 0 bridgehead atoms. The average molecular weight is 448 g/mol. The largest absolute Gasteiger partial charge is 0.355 e. The van der Waals surface area contributed by atoms with Crippen molar-refractivity contribution in [3.63, 3.8) is 0 Å². The molecule has 0 aliphatic rings. The number of rotatable bonds is 13. The third kappa shape index (κ3) is 12.5. The Hall–Kier alpha value is -1.94. The van der Waals surface area contributed by atoms with Crippen LogP contribution in [0.25, 0.3) is 0 Å². The van der Waals surface area contributed by atoms with Gasteiger partial charge < -0.3 is 15.1 Å². The highest BCUT2D eigenvalue weighted by atomic mass is 31.2. The van der Waals surface area contributed by atoms with Gasteiger partial charge in [-0.1, -0.05) is 65.3 Å². The molecule has 0 fully saturated rings. The van der Waals surface area contributed by atoms with Crippen LogP contribution in [0.3, 0.4) is 0 Å². The van der Waals surface area contributed by atoms with E-state index in [2.05, 4.69) is 38.2 Å². The molecule has 1 amide bonds. The number of carbonyl (C=O) groups excluding carboxylic acids is 1. The Kier molecular flexibility index (Phi) is 12.4. The topological polar surface area (TPSA) is 86.6 Å². The van der Waals surface area contributed by atoms with Crippen LogP contribution in [0.4, 0.5) is 0 Å². The van der Waals surface area contributed by atoms with E-state index in [-0.39, 0.29) is 6.42 Å². The molecule has 172 valence electrons. The average Bonchev–Trinajstić information content (AvgIpc) is 2.67. The predicted octanol–water partition coefficient (Wildman–Crippen LogP) is 5.70. The van der Waals surface area contributed by atoms with Crippen molar-refractivity contribution in [2.45, 2.75) is 71.9 Å². The van der Waals surface area contributed by atoms with Crippen molar-refractivity contribution in [3.8, 4) is 0 Å². The molecule has 0 heterocycles. The first kappa shape index (κ1) is 27.1. The molecule has 1 aromatic rings. The summed E-state index contributed by atoms with van der Waals surface area (Å²) in [5.74, 6) is -0.594. The smallest absolute Gasteiger partial charge is 0.338 e. The van der Waals surface area contributed by atoms with Crippen LogP contribution in [0.2, 0.25) is 0 Å². The van der Waals surface area contributed by atoms with Gasteiger partial charge in [-0.25, -0.2) is 0 Å². The van der Waals surface area contributed by atoms with E-state index in [1.165, 1.54) is 11.1 Å². The normalized spacial score (nSPS) is 13.6. The van der Waals surface area contributed by atoms with Gasteiger partial charge in [-0.3, -0.25) is 9.36 Å². The van der Waals surface area contributed by atoms with Gasteiger partial charge in [0.1, 0.15) is 5.66 Å². The summed E-state index contributed by atoms with van der Waals surface area (Å²) in [5, 5.41) is 2.67. The number of amides is 1. The number of benzene rings is 1. The van der Waals surface area contributed by atoms with E-state index in [4.69, 9.17) is 0 Å². The first-order valence-electron chi connectivity index (χ1n) is 10.9. The third-order valence-corrected chi connectivity index (χ3v) is 6.33. The van der Waals surface area contributed by atoms with Crippen LogP contribution in [0.5, 0.6) is 0 Å². The Morgan fingerprint density at radius 3 is 2.13 bits per heavy atom. The highest BCUT2D eigenvalue weighted by Gasteiger charge is 2.34. The van der Waals surface area contributed by atoms with Crippen molar-refractivity contribution in [2.75, 3.05) is 6.54 Å². The molecule has 3 N–H and O–H groups in total. The maximum Gasteiger partial charge on any atom is 0.338 e. The molecule has 0 saturated heterocycles. The molecule has 31 heavy (non-hydrogen) atoms. The highest BCUT2D eigenvalue weighted by molar-refractivity contribution is 7.53. The Morgan fingerprint density at radius 2 is 1.55 bits per heavy atom. The zero-order chi connectivity index (χ0) is 23.3. The summed E-state index contributed by atoms with van der Waals surface area (Å²) in [7, 11) is -4.54. The minimum atomic E-state index is -4.54. The number of allylic oxidation sites excluding steroid dienone is 6. The molecule has 1 unspecified atom stereocenters. The van der Waals surface area contributed by atoms with E-state index in [0.29, 0.717) is 13.0 Å². The molecule has 6 heteroatoms. The third-order valence-electron chi connectivity index (χ3n) is 5.08. The van der Waals surface area contributed by atoms with Crippen molar-refractivity contribution in [1.29, 1.82) is 0 Å². The first-order chi connectivity index (χ1) is 14.6. The van der Waals surface area contributed by atoms with E-state index in [9.17, 15) is 19.1 Å². The lowest BCUT2D eigenvalue weighted by Gasteiger charge is -2.17. The van der Waals surface area contributed by atoms with Crippen LogP contribution in [0.15, 0.2) is 65.3 Å². The van der Waals surface area contributed by atoms with Crippen molar-refractivity contribution in [1.82, 2.24) is 5.32 Å². The minimum Gasteiger partial charge on any atom is -0.355 e. The Bertz CT molecular complexity index is 817. The molecule has 0 radical (unpaired) electrons. The Morgan fingerprint density at radius 1 is 0.968 bits per heavy atom. The van der Waals surface area contributed by atoms with Gasteiger partial charge in [-0.2, -0.15) is 0 Å². The van der Waals surface area contributed by atoms with Crippen LogP contribution in [-0.4, -0.2) is 27.9 Å². The summed E-state index contributed by atoms with van der Waals surface area (Å²) in [4.78, 5) is 31.7. The lowest BCUT2D eigenvalue weighted by atomic mass is 10.1. The summed E-state index contributed by atoms with van der Waals surface area (Å²) in [6, 6.07) is 9.67. The Labute approximate surface area is 187 Å². The van der Waals surface area contributed by atoms with E-state index in [1.54, 1.807) is 6.08 Å². The molecule has 0 spiro atoms. The summed E-state index contributed by atoms with van der Waals surface area (Å²) >= 11 is 0. The van der Waals surface area contributed by atoms with Gasteiger partial charge in [-0.15, -0.1) is 0 Å². The number of carbonyl (C=O) groups is 1. The summed E-state index contributed by atoms with van der Waals surface area (Å²) in [5.41, 5.74) is 3.42. The molecular formula is C25H38NO4P. The SMILES string of the molecule is CC(C)=CCC/C(C)=C/CC/C(C)=C/CC(C(=O)NCCc1ccccc1)P(=O)(O)O. The fourth-order valence-corrected chi connectivity index (χ4v) is 3.92. The van der Waals surface area contributed by atoms with Crippen LogP contribution in [0, 0.1) is 0 Å². The van der Waals surface area contributed by atoms with Crippen LogP contribution < -0.4 is 5.32 Å². The van der Waals surface area contributed by atoms with E-state index in [0.717, 1.165) is 36.8 Å². The number of hydrogen-bond donors (Lipinski definition) is 3. The number of hydrogen-bond acceptors (Lipinski definition) is 2. The minimum absolute atomic E-state index is 0.0382. The van der Waals surface area contributed by atoms with E-state index in [1.807, 2.05) is 37.3 Å². The first-order valence-corrected chi connectivity index (χ1v) is 12.6. The quantitative estimate of drug-likeness (QED) is 0.267. The lowest BCUT2D eigenvalue weighted by molar-refractivity contribution is -0.120. The van der Waals surface area contributed by atoms with Crippen LogP contribution >= 0.6 is 7.60 Å². The molecule has 0 saturated carbocycles. The van der Waals surface area contributed by atoms with Gasteiger partial charge in [0, 0.05) is 6.54 Å². The molecule has 1 rings (SSSR count). The monoisotopic (exact) mass is 447 g/mol.